The Bertz CT molecular complexity index is 897. The van der Waals surface area contributed by atoms with Crippen molar-refractivity contribution in [1.29, 1.82) is 0 Å². The molecule has 0 aliphatic carbocycles. The number of nitrogens with one attached hydrogen (secondary N) is 3. The number of carbonyl (C=O) groups excluding carboxylic acids is 4. The second kappa shape index (κ2) is 13.8. The molecule has 0 saturated carbocycles. The first kappa shape index (κ1) is 29.2. The van der Waals surface area contributed by atoms with E-state index in [9.17, 15) is 29.4 Å². The van der Waals surface area contributed by atoms with E-state index in [0.29, 0.717) is 7.14 Å². The maximum absolute atomic E-state index is 12.9. The zero-order chi connectivity index (χ0) is 24.6. The van der Waals surface area contributed by atoms with Crippen LogP contribution in [0.5, 0.6) is 0 Å². The summed E-state index contributed by atoms with van der Waals surface area (Å²) < 4.78 is 5.74. The van der Waals surface area contributed by atoms with E-state index in [4.69, 9.17) is 9.84 Å². The number of aliphatic hydroxyl groups is 3. The van der Waals surface area contributed by atoms with Crippen LogP contribution in [-0.4, -0.2) is 77.5 Å². The van der Waals surface area contributed by atoms with E-state index in [2.05, 4.69) is 16.0 Å². The summed E-state index contributed by atoms with van der Waals surface area (Å²) in [6.07, 6.45) is -2.30. The topological polar surface area (TPSA) is 174 Å². The van der Waals surface area contributed by atoms with Gasteiger partial charge in [-0.2, -0.15) is 0 Å². The van der Waals surface area contributed by atoms with Crippen LogP contribution < -0.4 is 16.0 Å². The number of hydrogen-bond donors (Lipinski definition) is 6. The third-order valence-electron chi connectivity index (χ3n) is 3.76. The predicted octanol–water partition coefficient (Wildman–Crippen LogP) is 0.196. The molecule has 11 nitrogen and oxygen atoms in total. The minimum Gasteiger partial charge on any atom is -0.463 e. The Hall–Kier alpha value is -0.830. The summed E-state index contributed by atoms with van der Waals surface area (Å²) >= 11 is 5.59. The Kier molecular flexibility index (Phi) is 12.6. The molecule has 0 saturated heterocycles. The lowest BCUT2D eigenvalue weighted by molar-refractivity contribution is -0.143. The number of halogens is 3. The highest BCUT2D eigenvalue weighted by atomic mass is 127. The summed E-state index contributed by atoms with van der Waals surface area (Å²) in [4.78, 5) is 48.3. The van der Waals surface area contributed by atoms with Crippen molar-refractivity contribution >= 4 is 97.2 Å². The maximum atomic E-state index is 12.9. The maximum Gasteiger partial charge on any atom is 0.302 e. The van der Waals surface area contributed by atoms with Crippen molar-refractivity contribution in [3.63, 3.8) is 0 Å². The third-order valence-corrected chi connectivity index (χ3v) is 6.99. The van der Waals surface area contributed by atoms with Gasteiger partial charge >= 0.3 is 5.97 Å². The van der Waals surface area contributed by atoms with Crippen LogP contribution in [0.25, 0.3) is 0 Å². The van der Waals surface area contributed by atoms with E-state index in [1.807, 2.05) is 67.8 Å². The van der Waals surface area contributed by atoms with E-state index in [1.54, 1.807) is 0 Å². The average molecular weight is 789 g/mol. The highest BCUT2D eigenvalue weighted by molar-refractivity contribution is 14.1. The standard InChI is InChI=1S/C18H22I3N3O8/c1-7(26)24-16-14(20)11(17(30)22-3-9(28)5-25)13(19)12(15(16)21)18(31)23-4-10(29)6-32-8(2)27/h9-10,25,28-29H,3-6H2,1-2H3,(H,22,30)(H,23,31)(H,24,26). The number of hydrogen-bond acceptors (Lipinski definition) is 8. The summed E-state index contributed by atoms with van der Waals surface area (Å²) in [6.45, 7) is 1.21. The molecule has 14 heteroatoms. The van der Waals surface area contributed by atoms with Crippen LogP contribution in [0.3, 0.4) is 0 Å². The van der Waals surface area contributed by atoms with E-state index in [1.165, 1.54) is 13.8 Å². The summed E-state index contributed by atoms with van der Waals surface area (Å²) in [5, 5.41) is 35.9. The van der Waals surface area contributed by atoms with Crippen LogP contribution in [0.2, 0.25) is 0 Å². The molecule has 32 heavy (non-hydrogen) atoms. The molecule has 178 valence electrons. The monoisotopic (exact) mass is 789 g/mol. The lowest BCUT2D eigenvalue weighted by Gasteiger charge is -2.20. The van der Waals surface area contributed by atoms with Crippen molar-refractivity contribution in [2.24, 2.45) is 0 Å². The number of ether oxygens (including phenoxy) is 1. The molecule has 2 unspecified atom stereocenters. The van der Waals surface area contributed by atoms with Gasteiger partial charge in [-0.25, -0.2) is 0 Å². The molecule has 0 aliphatic heterocycles. The highest BCUT2D eigenvalue weighted by Crippen LogP contribution is 2.35. The first-order valence-corrected chi connectivity index (χ1v) is 12.3. The van der Waals surface area contributed by atoms with E-state index < -0.39 is 42.5 Å². The van der Waals surface area contributed by atoms with E-state index >= 15 is 0 Å². The second-order valence-corrected chi connectivity index (χ2v) is 9.70. The van der Waals surface area contributed by atoms with Crippen LogP contribution in [0, 0.1) is 10.7 Å². The third kappa shape index (κ3) is 8.50. The van der Waals surface area contributed by atoms with Gasteiger partial charge < -0.3 is 36.0 Å². The Morgan fingerprint density at radius 3 is 1.75 bits per heavy atom. The Morgan fingerprint density at radius 2 is 1.34 bits per heavy atom. The number of rotatable bonds is 10. The average Bonchev–Trinajstić information content (AvgIpc) is 2.71. The molecule has 2 atom stereocenters. The van der Waals surface area contributed by atoms with Crippen molar-refractivity contribution in [2.75, 3.05) is 31.6 Å². The number of anilines is 1. The first-order valence-electron chi connectivity index (χ1n) is 9.05. The molecule has 0 spiro atoms. The van der Waals surface area contributed by atoms with Gasteiger partial charge in [-0.3, -0.25) is 19.2 Å². The minimum atomic E-state index is -1.16. The molecular formula is C18H22I3N3O8. The van der Waals surface area contributed by atoms with Crippen LogP contribution in [0.4, 0.5) is 5.69 Å². The summed E-state index contributed by atoms with van der Waals surface area (Å²) in [7, 11) is 0. The van der Waals surface area contributed by atoms with Crippen LogP contribution in [0.15, 0.2) is 0 Å². The number of amides is 3. The van der Waals surface area contributed by atoms with Gasteiger partial charge in [0.1, 0.15) is 12.7 Å². The van der Waals surface area contributed by atoms with Crippen LogP contribution in [-0.2, 0) is 14.3 Å². The molecule has 6 N–H and O–H groups in total. The fourth-order valence-electron chi connectivity index (χ4n) is 2.28. The fourth-order valence-corrected chi connectivity index (χ4v) is 6.70. The number of benzene rings is 1. The van der Waals surface area contributed by atoms with Gasteiger partial charge in [0.25, 0.3) is 11.8 Å². The molecule has 0 aromatic heterocycles. The molecule has 0 radical (unpaired) electrons. The molecule has 0 fully saturated rings. The predicted molar refractivity (Wildman–Crippen MR) is 139 cm³/mol. The molecule has 1 rings (SSSR count). The van der Waals surface area contributed by atoms with Gasteiger partial charge in [0, 0.05) is 30.5 Å². The van der Waals surface area contributed by atoms with Crippen molar-refractivity contribution in [2.45, 2.75) is 26.1 Å². The molecule has 0 bridgehead atoms. The summed E-state index contributed by atoms with van der Waals surface area (Å²) in [5.41, 5.74) is 0.464. The lowest BCUT2D eigenvalue weighted by atomic mass is 10.1. The van der Waals surface area contributed by atoms with Crippen molar-refractivity contribution in [3.8, 4) is 0 Å². The quantitative estimate of drug-likeness (QED) is 0.144. The smallest absolute Gasteiger partial charge is 0.302 e. The normalized spacial score (nSPS) is 12.5. The van der Waals surface area contributed by atoms with Crippen molar-refractivity contribution in [3.05, 3.63) is 21.8 Å². The SMILES string of the molecule is CC(=O)Nc1c(I)c(C(=O)NCC(O)CO)c(I)c(C(=O)NCC(O)COC(C)=O)c1I. The zero-order valence-corrected chi connectivity index (χ0v) is 23.5. The van der Waals surface area contributed by atoms with Crippen LogP contribution in [0.1, 0.15) is 34.6 Å². The fraction of sp³-hybridized carbons (Fsp3) is 0.444. The lowest BCUT2D eigenvalue weighted by Crippen LogP contribution is -2.37. The van der Waals surface area contributed by atoms with Crippen LogP contribution >= 0.6 is 67.8 Å². The number of esters is 1. The summed E-state index contributed by atoms with van der Waals surface area (Å²) in [6, 6.07) is 0. The molecular weight excluding hydrogens is 767 g/mol. The second-order valence-electron chi connectivity index (χ2n) is 6.46. The van der Waals surface area contributed by atoms with Gasteiger partial charge in [0.2, 0.25) is 5.91 Å². The van der Waals surface area contributed by atoms with E-state index in [0.717, 1.165) is 0 Å². The van der Waals surface area contributed by atoms with Crippen molar-refractivity contribution in [1.82, 2.24) is 10.6 Å². The first-order chi connectivity index (χ1) is 14.9. The largest absolute Gasteiger partial charge is 0.463 e. The minimum absolute atomic E-state index is 0.0999. The zero-order valence-electron chi connectivity index (χ0n) is 17.0. The number of carbonyl (C=O) groups is 4. The van der Waals surface area contributed by atoms with Gasteiger partial charge in [0.15, 0.2) is 0 Å². The molecule has 1 aromatic rings. The molecule has 3 amide bonds. The van der Waals surface area contributed by atoms with Gasteiger partial charge in [0.05, 0.1) is 36.7 Å². The highest BCUT2D eigenvalue weighted by Gasteiger charge is 2.28. The van der Waals surface area contributed by atoms with Gasteiger partial charge in [-0.05, 0) is 67.8 Å². The molecule has 0 aliphatic rings. The Labute approximate surface area is 224 Å². The molecule has 1 aromatic carbocycles. The number of aliphatic hydroxyl groups excluding tert-OH is 3. The van der Waals surface area contributed by atoms with Gasteiger partial charge in [-0.15, -0.1) is 0 Å². The Morgan fingerprint density at radius 1 is 0.875 bits per heavy atom. The van der Waals surface area contributed by atoms with E-state index in [-0.39, 0.29) is 40.1 Å². The van der Waals surface area contributed by atoms with Crippen molar-refractivity contribution < 1.29 is 39.2 Å². The molecule has 0 heterocycles. The summed E-state index contributed by atoms with van der Waals surface area (Å²) in [5.74, 6) is -2.21. The van der Waals surface area contributed by atoms with Gasteiger partial charge in [-0.1, -0.05) is 0 Å². The Balaban J connectivity index is 3.31.